The number of rotatable bonds is 5. The molecule has 2 aromatic carbocycles. The summed E-state index contributed by atoms with van der Waals surface area (Å²) in [6.45, 7) is 0.384. The van der Waals surface area contributed by atoms with E-state index in [1.54, 1.807) is 12.1 Å². The molecular weight excluding hydrogens is 298 g/mol. The van der Waals surface area contributed by atoms with Crippen LogP contribution < -0.4 is 4.87 Å². The number of fused-ring (bicyclic) bond motifs is 1. The third-order valence-corrected chi connectivity index (χ3v) is 4.18. The highest BCUT2D eigenvalue weighted by atomic mass is 32.1. The monoisotopic (exact) mass is 313 g/mol. The molecule has 3 rings (SSSR count). The largest absolute Gasteiger partial charge is 0.462 e. The summed E-state index contributed by atoms with van der Waals surface area (Å²) in [5.74, 6) is -0.292. The maximum absolute atomic E-state index is 11.8. The number of ether oxygens (including phenoxy) is 1. The van der Waals surface area contributed by atoms with Crippen molar-refractivity contribution in [2.24, 2.45) is 0 Å². The van der Waals surface area contributed by atoms with Gasteiger partial charge in [0.2, 0.25) is 0 Å². The molecular formula is C17H15NO3S. The van der Waals surface area contributed by atoms with Gasteiger partial charge >= 0.3 is 10.8 Å². The van der Waals surface area contributed by atoms with Crippen LogP contribution in [0.25, 0.3) is 10.2 Å². The number of nitrogens with one attached hydrogen (secondary N) is 1. The van der Waals surface area contributed by atoms with Crippen molar-refractivity contribution in [2.75, 3.05) is 6.61 Å². The van der Waals surface area contributed by atoms with E-state index in [-0.39, 0.29) is 10.8 Å². The Morgan fingerprint density at radius 1 is 1.14 bits per heavy atom. The maximum atomic E-state index is 11.8. The van der Waals surface area contributed by atoms with E-state index in [9.17, 15) is 9.59 Å². The first-order chi connectivity index (χ1) is 10.7. The van der Waals surface area contributed by atoms with Gasteiger partial charge in [-0.2, -0.15) is 0 Å². The molecule has 0 unspecified atom stereocenters. The average Bonchev–Trinajstić information content (AvgIpc) is 2.91. The number of hydrogen-bond acceptors (Lipinski definition) is 4. The average molecular weight is 313 g/mol. The second-order valence-electron chi connectivity index (χ2n) is 4.95. The van der Waals surface area contributed by atoms with Gasteiger partial charge in [0.1, 0.15) is 0 Å². The summed E-state index contributed by atoms with van der Waals surface area (Å²) in [6, 6.07) is 14.9. The first-order valence-electron chi connectivity index (χ1n) is 7.06. The van der Waals surface area contributed by atoms with Crippen molar-refractivity contribution >= 4 is 27.5 Å². The number of carbonyl (C=O) groups excluding carboxylic acids is 1. The van der Waals surface area contributed by atoms with Gasteiger partial charge in [0.15, 0.2) is 0 Å². The zero-order valence-electron chi connectivity index (χ0n) is 11.9. The Kier molecular flexibility index (Phi) is 4.34. The SMILES string of the molecule is O=C(OCCCc1ccc2[nH]c(=O)sc2c1)c1ccccc1. The Morgan fingerprint density at radius 2 is 1.95 bits per heavy atom. The summed E-state index contributed by atoms with van der Waals surface area (Å²) in [6.07, 6.45) is 1.56. The molecule has 22 heavy (non-hydrogen) atoms. The lowest BCUT2D eigenvalue weighted by molar-refractivity contribution is 0.0500. The fourth-order valence-corrected chi connectivity index (χ4v) is 3.04. The predicted molar refractivity (Wildman–Crippen MR) is 87.5 cm³/mol. The maximum Gasteiger partial charge on any atom is 0.338 e. The van der Waals surface area contributed by atoms with Crippen LogP contribution in [0.4, 0.5) is 0 Å². The Morgan fingerprint density at radius 3 is 2.77 bits per heavy atom. The summed E-state index contributed by atoms with van der Waals surface area (Å²) < 4.78 is 6.21. The number of benzene rings is 2. The highest BCUT2D eigenvalue weighted by Crippen LogP contribution is 2.17. The van der Waals surface area contributed by atoms with Crippen molar-refractivity contribution in [3.05, 3.63) is 69.3 Å². The number of esters is 1. The van der Waals surface area contributed by atoms with Gasteiger partial charge in [-0.15, -0.1) is 0 Å². The van der Waals surface area contributed by atoms with Crippen LogP contribution in [0.15, 0.2) is 53.3 Å². The molecule has 0 bridgehead atoms. The topological polar surface area (TPSA) is 59.2 Å². The summed E-state index contributed by atoms with van der Waals surface area (Å²) in [7, 11) is 0. The Bertz CT molecular complexity index is 836. The van der Waals surface area contributed by atoms with Crippen LogP contribution in [0, 0.1) is 0 Å². The van der Waals surface area contributed by atoms with Gasteiger partial charge in [-0.05, 0) is 42.7 Å². The first kappa shape index (κ1) is 14.5. The molecule has 0 atom stereocenters. The zero-order valence-corrected chi connectivity index (χ0v) is 12.7. The second-order valence-corrected chi connectivity index (χ2v) is 5.97. The van der Waals surface area contributed by atoms with E-state index >= 15 is 0 Å². The third kappa shape index (κ3) is 3.43. The van der Waals surface area contributed by atoms with Crippen molar-refractivity contribution in [2.45, 2.75) is 12.8 Å². The van der Waals surface area contributed by atoms with Gasteiger partial charge in [-0.1, -0.05) is 35.6 Å². The fraction of sp³-hybridized carbons (Fsp3) is 0.176. The van der Waals surface area contributed by atoms with E-state index in [1.165, 1.54) is 11.3 Å². The van der Waals surface area contributed by atoms with Crippen LogP contribution in [-0.2, 0) is 11.2 Å². The van der Waals surface area contributed by atoms with Crippen molar-refractivity contribution in [3.63, 3.8) is 0 Å². The van der Waals surface area contributed by atoms with E-state index in [1.807, 2.05) is 36.4 Å². The van der Waals surface area contributed by atoms with Crippen LogP contribution in [0.1, 0.15) is 22.3 Å². The van der Waals surface area contributed by atoms with Crippen LogP contribution >= 0.6 is 11.3 Å². The first-order valence-corrected chi connectivity index (χ1v) is 7.88. The van der Waals surface area contributed by atoms with Crippen molar-refractivity contribution in [3.8, 4) is 0 Å². The molecule has 0 aliphatic heterocycles. The summed E-state index contributed by atoms with van der Waals surface area (Å²) >= 11 is 1.21. The van der Waals surface area contributed by atoms with Crippen molar-refractivity contribution in [1.29, 1.82) is 0 Å². The number of carbonyl (C=O) groups is 1. The lowest BCUT2D eigenvalue weighted by atomic mass is 10.1. The predicted octanol–water partition coefficient (Wildman–Crippen LogP) is 3.38. The minimum atomic E-state index is -0.292. The van der Waals surface area contributed by atoms with Gasteiger partial charge in [0.25, 0.3) is 0 Å². The number of H-pyrrole nitrogens is 1. The highest BCUT2D eigenvalue weighted by molar-refractivity contribution is 7.16. The molecule has 1 aromatic heterocycles. The van der Waals surface area contributed by atoms with Crippen LogP contribution in [0.2, 0.25) is 0 Å². The molecule has 1 N–H and O–H groups in total. The van der Waals surface area contributed by atoms with E-state index in [2.05, 4.69) is 4.98 Å². The third-order valence-electron chi connectivity index (χ3n) is 3.34. The van der Waals surface area contributed by atoms with E-state index in [4.69, 9.17) is 4.74 Å². The van der Waals surface area contributed by atoms with Crippen LogP contribution in [0.3, 0.4) is 0 Å². The number of thiazole rings is 1. The fourth-order valence-electron chi connectivity index (χ4n) is 2.24. The lowest BCUT2D eigenvalue weighted by Crippen LogP contribution is -2.06. The molecule has 0 aliphatic carbocycles. The van der Waals surface area contributed by atoms with Gasteiger partial charge in [0, 0.05) is 0 Å². The lowest BCUT2D eigenvalue weighted by Gasteiger charge is -2.05. The molecule has 5 heteroatoms. The molecule has 1 heterocycles. The number of aromatic nitrogens is 1. The molecule has 0 spiro atoms. The summed E-state index contributed by atoms with van der Waals surface area (Å²) in [5.41, 5.74) is 2.58. The smallest absolute Gasteiger partial charge is 0.338 e. The number of aryl methyl sites for hydroxylation is 1. The normalized spacial score (nSPS) is 10.7. The zero-order chi connectivity index (χ0) is 15.4. The molecule has 0 radical (unpaired) electrons. The number of hydrogen-bond donors (Lipinski definition) is 1. The molecule has 0 saturated heterocycles. The van der Waals surface area contributed by atoms with Gasteiger partial charge in [0.05, 0.1) is 22.4 Å². The molecule has 0 amide bonds. The highest BCUT2D eigenvalue weighted by Gasteiger charge is 2.06. The van der Waals surface area contributed by atoms with Gasteiger partial charge in [-0.25, -0.2) is 4.79 Å². The molecule has 3 aromatic rings. The Hall–Kier alpha value is -2.40. The molecule has 0 saturated carbocycles. The Balaban J connectivity index is 1.52. The van der Waals surface area contributed by atoms with E-state index in [0.717, 1.165) is 28.6 Å². The summed E-state index contributed by atoms with van der Waals surface area (Å²) in [4.78, 5) is 25.8. The van der Waals surface area contributed by atoms with Crippen LogP contribution in [-0.4, -0.2) is 17.6 Å². The Labute approximate surface area is 131 Å². The molecule has 112 valence electrons. The van der Waals surface area contributed by atoms with E-state index in [0.29, 0.717) is 12.2 Å². The second kappa shape index (κ2) is 6.58. The standard InChI is InChI=1S/C17H15NO3S/c19-16(13-6-2-1-3-7-13)21-10-4-5-12-8-9-14-15(11-12)22-17(20)18-14/h1-3,6-9,11H,4-5,10H2,(H,18,20). The van der Waals surface area contributed by atoms with Gasteiger partial charge in [-0.3, -0.25) is 4.79 Å². The van der Waals surface area contributed by atoms with Gasteiger partial charge < -0.3 is 9.72 Å². The van der Waals surface area contributed by atoms with E-state index < -0.39 is 0 Å². The summed E-state index contributed by atoms with van der Waals surface area (Å²) in [5, 5.41) is 0. The molecule has 0 aliphatic rings. The van der Waals surface area contributed by atoms with Crippen LogP contribution in [0.5, 0.6) is 0 Å². The van der Waals surface area contributed by atoms with Crippen molar-refractivity contribution in [1.82, 2.24) is 4.98 Å². The molecule has 0 fully saturated rings. The minimum absolute atomic E-state index is 0.0380. The quantitative estimate of drug-likeness (QED) is 0.580. The molecule has 4 nitrogen and oxygen atoms in total. The minimum Gasteiger partial charge on any atom is -0.462 e. The number of aromatic amines is 1. The van der Waals surface area contributed by atoms with Crippen molar-refractivity contribution < 1.29 is 9.53 Å².